The lowest BCUT2D eigenvalue weighted by molar-refractivity contribution is -0.129. The average molecular weight is 546 g/mol. The second-order valence-corrected chi connectivity index (χ2v) is 11.8. The van der Waals surface area contributed by atoms with E-state index in [0.717, 1.165) is 54.0 Å². The molecule has 1 heterocycles. The minimum atomic E-state index is -0.495. The van der Waals surface area contributed by atoms with Gasteiger partial charge in [0.05, 0.1) is 21.1 Å². The van der Waals surface area contributed by atoms with Crippen molar-refractivity contribution < 1.29 is 14.4 Å². The number of Topliss-reactive ketones (excluding diaryl/α,β-unsaturated/α-hetero) is 2. The van der Waals surface area contributed by atoms with Gasteiger partial charge in [0, 0.05) is 42.4 Å². The van der Waals surface area contributed by atoms with E-state index in [1.165, 1.54) is 18.3 Å². The second kappa shape index (κ2) is 14.2. The van der Waals surface area contributed by atoms with Gasteiger partial charge in [0.1, 0.15) is 5.78 Å². The Labute approximate surface area is 229 Å². The number of thiazole rings is 1. The molecular weight excluding hydrogens is 506 g/mol. The van der Waals surface area contributed by atoms with E-state index in [1.807, 2.05) is 12.1 Å². The molecule has 0 unspecified atom stereocenters. The number of ketones is 2. The number of amides is 1. The van der Waals surface area contributed by atoms with Crippen LogP contribution in [-0.2, 0) is 20.8 Å². The number of nitrogens with zero attached hydrogens (tertiary/aromatic N) is 2. The van der Waals surface area contributed by atoms with Crippen LogP contribution in [0, 0.1) is 11.8 Å². The van der Waals surface area contributed by atoms with Crippen molar-refractivity contribution >= 4 is 50.6 Å². The minimum absolute atomic E-state index is 0.0235. The largest absolute Gasteiger partial charge is 0.353 e. The van der Waals surface area contributed by atoms with Gasteiger partial charge in [0.25, 0.3) is 0 Å². The summed E-state index contributed by atoms with van der Waals surface area (Å²) in [5.41, 5.74) is 1.48. The second-order valence-electron chi connectivity index (χ2n) is 10.2. The molecule has 0 spiro atoms. The van der Waals surface area contributed by atoms with Gasteiger partial charge in [0.2, 0.25) is 5.91 Å². The summed E-state index contributed by atoms with van der Waals surface area (Å²) in [5, 5.41) is 4.72. The Bertz CT molecular complexity index is 1110. The van der Waals surface area contributed by atoms with Crippen LogP contribution in [0.5, 0.6) is 0 Å². The zero-order valence-corrected chi connectivity index (χ0v) is 23.9. The lowest BCUT2D eigenvalue weighted by Gasteiger charge is -2.27. The zero-order chi connectivity index (χ0) is 26.9. The van der Waals surface area contributed by atoms with Crippen molar-refractivity contribution in [3.05, 3.63) is 40.4 Å². The first-order chi connectivity index (χ1) is 17.7. The fourth-order valence-corrected chi connectivity index (χ4v) is 6.53. The Morgan fingerprint density at radius 1 is 1.22 bits per heavy atom. The Hall–Kier alpha value is -2.09. The van der Waals surface area contributed by atoms with Crippen molar-refractivity contribution in [1.29, 1.82) is 0 Å². The molecule has 1 saturated carbocycles. The molecule has 202 valence electrons. The molecule has 0 bridgehead atoms. The summed E-state index contributed by atoms with van der Waals surface area (Å²) in [6.07, 6.45) is 5.93. The van der Waals surface area contributed by atoms with Gasteiger partial charge < -0.3 is 10.1 Å². The molecule has 1 N–H and O–H groups in total. The third kappa shape index (κ3) is 8.72. The van der Waals surface area contributed by atoms with E-state index in [9.17, 15) is 14.4 Å². The summed E-state index contributed by atoms with van der Waals surface area (Å²) < 4.78 is 0.969. The molecule has 6 nitrogen and oxygen atoms in total. The number of carbonyl (C=O) groups is 3. The number of carbonyl (C=O) groups excluding carboxylic acids is 3. The molecule has 0 saturated heterocycles. The van der Waals surface area contributed by atoms with Crippen LogP contribution >= 0.6 is 22.9 Å². The smallest absolute Gasteiger partial charge is 0.224 e. The van der Waals surface area contributed by atoms with Crippen LogP contribution in [0.1, 0.15) is 70.7 Å². The summed E-state index contributed by atoms with van der Waals surface area (Å²) in [6.45, 7) is 12.0. The number of halogens is 1. The molecule has 37 heavy (non-hydrogen) atoms. The molecule has 8 heteroatoms. The number of aromatic nitrogens is 1. The third-order valence-corrected chi connectivity index (χ3v) is 8.68. The molecule has 1 aliphatic carbocycles. The SMILES string of the molecule is C=C(CN(CC)CC)C(=O)CC[C@@H](NC(=O)[C@@H](CC(C)=O)Cc1nc2ccc(Cl)cc2s1)C1CCCC1. The van der Waals surface area contributed by atoms with Crippen molar-refractivity contribution in [2.24, 2.45) is 11.8 Å². The molecule has 0 aliphatic heterocycles. The van der Waals surface area contributed by atoms with Gasteiger partial charge >= 0.3 is 0 Å². The van der Waals surface area contributed by atoms with Gasteiger partial charge in [-0.25, -0.2) is 4.98 Å². The van der Waals surface area contributed by atoms with E-state index < -0.39 is 5.92 Å². The highest BCUT2D eigenvalue weighted by Crippen LogP contribution is 2.31. The first kappa shape index (κ1) is 29.5. The number of fused-ring (bicyclic) bond motifs is 1. The van der Waals surface area contributed by atoms with Gasteiger partial charge in [-0.3, -0.25) is 14.5 Å². The van der Waals surface area contributed by atoms with Crippen molar-refractivity contribution in [2.45, 2.75) is 78.2 Å². The summed E-state index contributed by atoms with van der Waals surface area (Å²) >= 11 is 7.63. The van der Waals surface area contributed by atoms with Crippen molar-refractivity contribution in [3.8, 4) is 0 Å². The van der Waals surface area contributed by atoms with Crippen LogP contribution in [0.3, 0.4) is 0 Å². The van der Waals surface area contributed by atoms with Gasteiger partial charge in [-0.2, -0.15) is 0 Å². The van der Waals surface area contributed by atoms with E-state index in [0.29, 0.717) is 42.3 Å². The number of rotatable bonds is 15. The normalized spacial score (nSPS) is 15.7. The molecular formula is C29H40ClN3O3S. The molecule has 2 aromatic rings. The molecule has 1 amide bonds. The fraction of sp³-hybridized carbons (Fsp3) is 0.586. The van der Waals surface area contributed by atoms with Crippen LogP contribution in [0.4, 0.5) is 0 Å². The monoisotopic (exact) mass is 545 g/mol. The maximum absolute atomic E-state index is 13.5. The van der Waals surface area contributed by atoms with Crippen LogP contribution in [0.2, 0.25) is 5.02 Å². The topological polar surface area (TPSA) is 79.4 Å². The van der Waals surface area contributed by atoms with E-state index in [-0.39, 0.29) is 29.9 Å². The van der Waals surface area contributed by atoms with Crippen molar-refractivity contribution in [2.75, 3.05) is 19.6 Å². The van der Waals surface area contributed by atoms with Crippen LogP contribution < -0.4 is 5.32 Å². The van der Waals surface area contributed by atoms with Gasteiger partial charge in [0.15, 0.2) is 5.78 Å². The molecule has 2 atom stereocenters. The number of nitrogens with one attached hydrogen (secondary N) is 1. The Kier molecular flexibility index (Phi) is 11.3. The minimum Gasteiger partial charge on any atom is -0.353 e. The predicted molar refractivity (Wildman–Crippen MR) is 152 cm³/mol. The summed E-state index contributed by atoms with van der Waals surface area (Å²) in [6, 6.07) is 5.47. The number of benzene rings is 1. The maximum atomic E-state index is 13.5. The quantitative estimate of drug-likeness (QED) is 0.277. The molecule has 1 aromatic carbocycles. The number of hydrogen-bond acceptors (Lipinski definition) is 6. The first-order valence-electron chi connectivity index (χ1n) is 13.5. The van der Waals surface area contributed by atoms with E-state index >= 15 is 0 Å². The maximum Gasteiger partial charge on any atom is 0.224 e. The van der Waals surface area contributed by atoms with Gasteiger partial charge in [-0.15, -0.1) is 11.3 Å². The molecule has 1 aromatic heterocycles. The highest BCUT2D eigenvalue weighted by atomic mass is 35.5. The molecule has 3 rings (SSSR count). The Morgan fingerprint density at radius 2 is 1.92 bits per heavy atom. The molecule has 1 aliphatic rings. The highest BCUT2D eigenvalue weighted by molar-refractivity contribution is 7.18. The molecule has 0 radical (unpaired) electrons. The highest BCUT2D eigenvalue weighted by Gasteiger charge is 2.30. The fourth-order valence-electron chi connectivity index (χ4n) is 5.20. The lowest BCUT2D eigenvalue weighted by atomic mass is 9.90. The summed E-state index contributed by atoms with van der Waals surface area (Å²) in [4.78, 5) is 45.3. The average Bonchev–Trinajstić information content (AvgIpc) is 3.53. The number of hydrogen-bond donors (Lipinski definition) is 1. The Balaban J connectivity index is 1.68. The zero-order valence-electron chi connectivity index (χ0n) is 22.4. The first-order valence-corrected chi connectivity index (χ1v) is 14.7. The van der Waals surface area contributed by atoms with E-state index in [1.54, 1.807) is 6.07 Å². The van der Waals surface area contributed by atoms with Crippen LogP contribution in [-0.4, -0.2) is 53.0 Å². The standard InChI is InChI=1S/C29H40ClN3O3S/c1-5-33(6-2)18-19(3)26(35)14-13-24(21-9-7-8-10-21)32-29(36)22(15-20(4)34)16-28-31-25-12-11-23(30)17-27(25)37-28/h11-12,17,21-22,24H,3,5-10,13-16,18H2,1-2,4H3,(H,32,36)/t22-,24+/m0/s1. The summed E-state index contributed by atoms with van der Waals surface area (Å²) in [7, 11) is 0. The Morgan fingerprint density at radius 3 is 2.57 bits per heavy atom. The predicted octanol–water partition coefficient (Wildman–Crippen LogP) is 6.01. The van der Waals surface area contributed by atoms with Gasteiger partial charge in [-0.1, -0.05) is 44.9 Å². The molecule has 1 fully saturated rings. The lowest BCUT2D eigenvalue weighted by Crippen LogP contribution is -2.44. The van der Waals surface area contributed by atoms with Crippen LogP contribution in [0.15, 0.2) is 30.4 Å². The third-order valence-electron chi connectivity index (χ3n) is 7.40. The number of likely N-dealkylation sites (N-methyl/N-ethyl adjacent to an activating group) is 1. The summed E-state index contributed by atoms with van der Waals surface area (Å²) in [5.74, 6) is -0.220. The van der Waals surface area contributed by atoms with E-state index in [2.05, 4.69) is 35.6 Å². The van der Waals surface area contributed by atoms with Crippen molar-refractivity contribution in [3.63, 3.8) is 0 Å². The van der Waals surface area contributed by atoms with Gasteiger partial charge in [-0.05, 0) is 63.4 Å². The van der Waals surface area contributed by atoms with Crippen LogP contribution in [0.25, 0.3) is 10.2 Å². The van der Waals surface area contributed by atoms with Crippen molar-refractivity contribution in [1.82, 2.24) is 15.2 Å². The van der Waals surface area contributed by atoms with E-state index in [4.69, 9.17) is 11.6 Å².